The van der Waals surface area contributed by atoms with E-state index < -0.39 is 0 Å². The Bertz CT molecular complexity index is 1430. The van der Waals surface area contributed by atoms with Crippen molar-refractivity contribution >= 4 is 46.1 Å². The first-order valence-electron chi connectivity index (χ1n) is 11.0. The minimum Gasteiger partial charge on any atom is -0.322 e. The molecule has 1 aromatic heterocycles. The Morgan fingerprint density at radius 1 is 0.941 bits per heavy atom. The van der Waals surface area contributed by atoms with E-state index in [0.717, 1.165) is 28.8 Å². The number of rotatable bonds is 3. The summed E-state index contributed by atoms with van der Waals surface area (Å²) in [5, 5.41) is 5.28. The largest absolute Gasteiger partial charge is 0.322 e. The van der Waals surface area contributed by atoms with Crippen LogP contribution in [-0.4, -0.2) is 11.8 Å². The van der Waals surface area contributed by atoms with E-state index in [4.69, 9.17) is 11.6 Å². The van der Waals surface area contributed by atoms with Gasteiger partial charge in [0.05, 0.1) is 17.1 Å². The maximum absolute atomic E-state index is 13.7. The van der Waals surface area contributed by atoms with Crippen molar-refractivity contribution in [3.63, 3.8) is 0 Å². The fraction of sp³-hybridized carbons (Fsp3) is 0.143. The molecule has 170 valence electrons. The van der Waals surface area contributed by atoms with E-state index in [-0.39, 0.29) is 11.8 Å². The van der Waals surface area contributed by atoms with Crippen LogP contribution in [0.25, 0.3) is 0 Å². The molecule has 0 atom stereocenters. The van der Waals surface area contributed by atoms with Crippen molar-refractivity contribution < 1.29 is 9.59 Å². The Kier molecular flexibility index (Phi) is 5.98. The summed E-state index contributed by atoms with van der Waals surface area (Å²) in [6, 6.07) is 20.8. The Hall–Kier alpha value is -3.41. The Balaban J connectivity index is 1.43. The molecular weight excluding hydrogens is 464 g/mol. The van der Waals surface area contributed by atoms with E-state index in [1.165, 1.54) is 10.4 Å². The summed E-state index contributed by atoms with van der Waals surface area (Å²) in [4.78, 5) is 29.4. The molecule has 0 fully saturated rings. The van der Waals surface area contributed by atoms with E-state index in [1.54, 1.807) is 40.5 Å². The molecule has 3 aromatic carbocycles. The van der Waals surface area contributed by atoms with Gasteiger partial charge in [-0.25, -0.2) is 0 Å². The lowest BCUT2D eigenvalue weighted by atomic mass is 10.0. The van der Waals surface area contributed by atoms with Crippen molar-refractivity contribution in [3.05, 3.63) is 115 Å². The second-order valence-electron chi connectivity index (χ2n) is 8.46. The van der Waals surface area contributed by atoms with Crippen molar-refractivity contribution in [2.45, 2.75) is 26.8 Å². The van der Waals surface area contributed by atoms with E-state index in [0.29, 0.717) is 28.4 Å². The predicted octanol–water partition coefficient (Wildman–Crippen LogP) is 7.02. The quantitative estimate of drug-likeness (QED) is 0.338. The van der Waals surface area contributed by atoms with Crippen LogP contribution in [0.5, 0.6) is 0 Å². The number of halogens is 1. The first kappa shape index (κ1) is 22.4. The van der Waals surface area contributed by atoms with Gasteiger partial charge in [0.15, 0.2) is 0 Å². The number of carbonyl (C=O) groups excluding carboxylic acids is 2. The van der Waals surface area contributed by atoms with Crippen LogP contribution in [0.15, 0.2) is 72.1 Å². The molecule has 4 nitrogen and oxygen atoms in total. The number of fused-ring (bicyclic) bond motifs is 2. The molecular formula is C28H23ClN2O2S. The first-order valence-corrected chi connectivity index (χ1v) is 12.3. The third kappa shape index (κ3) is 4.13. The molecule has 0 saturated heterocycles. The molecule has 1 aliphatic heterocycles. The van der Waals surface area contributed by atoms with Crippen molar-refractivity contribution in [2.75, 3.05) is 10.2 Å². The Morgan fingerprint density at radius 2 is 1.76 bits per heavy atom. The highest BCUT2D eigenvalue weighted by Crippen LogP contribution is 2.35. The third-order valence-corrected chi connectivity index (χ3v) is 7.62. The molecule has 1 aliphatic rings. The van der Waals surface area contributed by atoms with Gasteiger partial charge < -0.3 is 10.2 Å². The number of anilines is 2. The van der Waals surface area contributed by atoms with E-state index in [2.05, 4.69) is 22.8 Å². The maximum atomic E-state index is 13.7. The lowest BCUT2D eigenvalue weighted by Gasteiger charge is -2.23. The van der Waals surface area contributed by atoms with Crippen LogP contribution >= 0.6 is 22.9 Å². The molecule has 4 aromatic rings. The zero-order chi connectivity index (χ0) is 23.8. The third-order valence-electron chi connectivity index (χ3n) is 6.35. The van der Waals surface area contributed by atoms with Gasteiger partial charge in [-0.05, 0) is 77.9 Å². The van der Waals surface area contributed by atoms with Crippen molar-refractivity contribution in [1.82, 2.24) is 0 Å². The lowest BCUT2D eigenvalue weighted by molar-refractivity contribution is 0.0984. The number of nitrogens with one attached hydrogen (secondary N) is 1. The van der Waals surface area contributed by atoms with Gasteiger partial charge in [0.2, 0.25) is 0 Å². The van der Waals surface area contributed by atoms with Crippen LogP contribution in [0.2, 0.25) is 5.02 Å². The minimum atomic E-state index is -0.206. The Morgan fingerprint density at radius 3 is 2.59 bits per heavy atom. The summed E-state index contributed by atoms with van der Waals surface area (Å²) in [5.74, 6) is -0.367. The summed E-state index contributed by atoms with van der Waals surface area (Å²) in [6.45, 7) is 4.41. The number of carbonyl (C=O) groups is 2. The molecule has 0 radical (unpaired) electrons. The van der Waals surface area contributed by atoms with Crippen LogP contribution < -0.4 is 10.2 Å². The standard InChI is InChI=1S/C28H23ClN2O2S/c1-17-6-5-8-22(18(17)2)27(32)30-21-10-11-23(24(29)15-21)28(33)31-16-26-20(12-13-34-26)14-19-7-3-4-9-25(19)31/h3-13,15H,14,16H2,1-2H3,(H,30,32). The highest BCUT2D eigenvalue weighted by atomic mass is 35.5. The topological polar surface area (TPSA) is 49.4 Å². The van der Waals surface area contributed by atoms with Crippen LogP contribution in [0.1, 0.15) is 47.8 Å². The van der Waals surface area contributed by atoms with E-state index in [9.17, 15) is 9.59 Å². The van der Waals surface area contributed by atoms with Gasteiger partial charge in [-0.3, -0.25) is 9.59 Å². The number of aryl methyl sites for hydroxylation is 1. The summed E-state index contributed by atoms with van der Waals surface area (Å²) in [5.41, 5.74) is 6.82. The number of para-hydroxylation sites is 1. The zero-order valence-corrected chi connectivity index (χ0v) is 20.5. The first-order chi connectivity index (χ1) is 16.4. The average Bonchev–Trinajstić information content (AvgIpc) is 3.19. The second kappa shape index (κ2) is 9.09. The monoisotopic (exact) mass is 486 g/mol. The molecule has 5 rings (SSSR count). The SMILES string of the molecule is Cc1cccc(C(=O)Nc2ccc(C(=O)N3Cc4sccc4Cc4ccccc43)c(Cl)c2)c1C. The van der Waals surface area contributed by atoms with Crippen molar-refractivity contribution in [2.24, 2.45) is 0 Å². The van der Waals surface area contributed by atoms with Gasteiger partial charge in [-0.1, -0.05) is 41.9 Å². The Labute approximate surface area is 207 Å². The summed E-state index contributed by atoms with van der Waals surface area (Å²) in [6.07, 6.45) is 0.801. The number of nitrogens with zero attached hydrogens (tertiary/aromatic N) is 1. The number of hydrogen-bond acceptors (Lipinski definition) is 3. The van der Waals surface area contributed by atoms with Crippen LogP contribution in [0, 0.1) is 13.8 Å². The van der Waals surface area contributed by atoms with Gasteiger partial charge in [-0.2, -0.15) is 0 Å². The zero-order valence-electron chi connectivity index (χ0n) is 18.9. The van der Waals surface area contributed by atoms with Gasteiger partial charge >= 0.3 is 0 Å². The van der Waals surface area contributed by atoms with Gasteiger partial charge in [0.1, 0.15) is 0 Å². The fourth-order valence-electron chi connectivity index (χ4n) is 4.31. The molecule has 0 unspecified atom stereocenters. The highest BCUT2D eigenvalue weighted by molar-refractivity contribution is 7.10. The van der Waals surface area contributed by atoms with Crippen molar-refractivity contribution in [3.8, 4) is 0 Å². The van der Waals surface area contributed by atoms with Crippen LogP contribution in [0.3, 0.4) is 0 Å². The lowest BCUT2D eigenvalue weighted by Crippen LogP contribution is -2.30. The fourth-order valence-corrected chi connectivity index (χ4v) is 5.46. The molecule has 0 saturated carbocycles. The van der Waals surface area contributed by atoms with E-state index >= 15 is 0 Å². The second-order valence-corrected chi connectivity index (χ2v) is 9.87. The van der Waals surface area contributed by atoms with Crippen LogP contribution in [-0.2, 0) is 13.0 Å². The summed E-state index contributed by atoms with van der Waals surface area (Å²) in [7, 11) is 0. The molecule has 1 N–H and O–H groups in total. The normalized spacial score (nSPS) is 12.5. The number of amides is 2. The molecule has 6 heteroatoms. The molecule has 0 spiro atoms. The number of benzene rings is 3. The number of thiophene rings is 1. The van der Waals surface area contributed by atoms with Gasteiger partial charge in [0, 0.05) is 28.2 Å². The molecule has 2 heterocycles. The van der Waals surface area contributed by atoms with Crippen molar-refractivity contribution in [1.29, 1.82) is 0 Å². The average molecular weight is 487 g/mol. The maximum Gasteiger partial charge on any atom is 0.260 e. The summed E-state index contributed by atoms with van der Waals surface area (Å²) >= 11 is 8.24. The van der Waals surface area contributed by atoms with Crippen LogP contribution in [0.4, 0.5) is 11.4 Å². The predicted molar refractivity (Wildman–Crippen MR) is 139 cm³/mol. The van der Waals surface area contributed by atoms with Gasteiger partial charge in [-0.15, -0.1) is 11.3 Å². The molecule has 0 bridgehead atoms. The summed E-state index contributed by atoms with van der Waals surface area (Å²) < 4.78 is 0. The van der Waals surface area contributed by atoms with Gasteiger partial charge in [0.25, 0.3) is 11.8 Å². The smallest absolute Gasteiger partial charge is 0.260 e. The minimum absolute atomic E-state index is 0.161. The number of hydrogen-bond donors (Lipinski definition) is 1. The highest BCUT2D eigenvalue weighted by Gasteiger charge is 2.27. The molecule has 2 amide bonds. The van der Waals surface area contributed by atoms with E-state index in [1.807, 2.05) is 44.2 Å². The molecule has 0 aliphatic carbocycles. The molecule has 34 heavy (non-hydrogen) atoms.